The van der Waals surface area contributed by atoms with E-state index in [0.717, 1.165) is 16.2 Å². The largest absolute Gasteiger partial charge is 0.435 e. The predicted molar refractivity (Wildman–Crippen MR) is 81.1 cm³/mol. The molecule has 0 aliphatic heterocycles. The number of ether oxygens (including phenoxy) is 1. The highest BCUT2D eigenvalue weighted by molar-refractivity contribution is 5.75. The summed E-state index contributed by atoms with van der Waals surface area (Å²) >= 11 is 0. The van der Waals surface area contributed by atoms with E-state index < -0.39 is 17.9 Å². The van der Waals surface area contributed by atoms with E-state index in [-0.39, 0.29) is 18.2 Å². The third-order valence-electron chi connectivity index (χ3n) is 3.10. The molecule has 2 rings (SSSR count). The molecule has 0 aliphatic rings. The molecule has 0 fully saturated rings. The number of benzene rings is 1. The fraction of sp³-hybridized carbons (Fsp3) is 0.267. The van der Waals surface area contributed by atoms with Gasteiger partial charge in [0.1, 0.15) is 12.3 Å². The maximum Gasteiger partial charge on any atom is 0.387 e. The second-order valence-corrected chi connectivity index (χ2v) is 4.86. The Kier molecular flexibility index (Phi) is 5.83. The van der Waals surface area contributed by atoms with Gasteiger partial charge < -0.3 is 10.1 Å². The van der Waals surface area contributed by atoms with Gasteiger partial charge >= 0.3 is 12.3 Å². The lowest BCUT2D eigenvalue weighted by molar-refractivity contribution is -0.121. The minimum absolute atomic E-state index is 0.0650. The van der Waals surface area contributed by atoms with Gasteiger partial charge in [0.05, 0.1) is 0 Å². The van der Waals surface area contributed by atoms with Crippen molar-refractivity contribution in [2.45, 2.75) is 19.6 Å². The van der Waals surface area contributed by atoms with Crippen LogP contribution in [0.2, 0.25) is 0 Å². The number of alkyl halides is 2. The topological polar surface area (TPSA) is 93.2 Å². The molecule has 2 aromatic rings. The Morgan fingerprint density at radius 3 is 2.54 bits per heavy atom. The molecule has 0 aliphatic carbocycles. The third-order valence-corrected chi connectivity index (χ3v) is 3.10. The maximum atomic E-state index is 12.0. The Labute approximate surface area is 134 Å². The summed E-state index contributed by atoms with van der Waals surface area (Å²) in [5, 5.41) is 2.63. The first kappa shape index (κ1) is 17.4. The lowest BCUT2D eigenvalue weighted by atomic mass is 10.1. The van der Waals surface area contributed by atoms with Gasteiger partial charge in [0.25, 0.3) is 5.56 Å². The van der Waals surface area contributed by atoms with Crippen LogP contribution in [-0.4, -0.2) is 28.6 Å². The fourth-order valence-corrected chi connectivity index (χ4v) is 1.96. The van der Waals surface area contributed by atoms with Crippen molar-refractivity contribution < 1.29 is 18.3 Å². The van der Waals surface area contributed by atoms with Crippen LogP contribution in [-0.2, 0) is 17.8 Å². The van der Waals surface area contributed by atoms with E-state index in [0.29, 0.717) is 13.0 Å². The number of H-pyrrole nitrogens is 1. The van der Waals surface area contributed by atoms with Gasteiger partial charge in [0.15, 0.2) is 0 Å². The quantitative estimate of drug-likeness (QED) is 0.768. The van der Waals surface area contributed by atoms with Crippen LogP contribution in [0.3, 0.4) is 0 Å². The van der Waals surface area contributed by atoms with Gasteiger partial charge in [0.2, 0.25) is 5.91 Å². The molecule has 1 amide bonds. The zero-order valence-corrected chi connectivity index (χ0v) is 12.5. The number of rotatable bonds is 7. The van der Waals surface area contributed by atoms with Crippen LogP contribution in [0.1, 0.15) is 5.56 Å². The minimum atomic E-state index is -2.87. The number of amides is 1. The van der Waals surface area contributed by atoms with E-state index >= 15 is 0 Å². The number of carbonyl (C=O) groups is 1. The van der Waals surface area contributed by atoms with Gasteiger partial charge in [-0.15, -0.1) is 0 Å². The number of nitrogens with one attached hydrogen (secondary N) is 2. The Balaban J connectivity index is 1.80. The predicted octanol–water partition coefficient (Wildman–Crippen LogP) is 0.497. The first-order valence-electron chi connectivity index (χ1n) is 7.04. The first-order valence-corrected chi connectivity index (χ1v) is 7.04. The van der Waals surface area contributed by atoms with Gasteiger partial charge in [0, 0.05) is 18.8 Å². The molecule has 2 N–H and O–H groups in total. The number of hydrogen-bond donors (Lipinski definition) is 2. The average Bonchev–Trinajstić information content (AvgIpc) is 2.51. The van der Waals surface area contributed by atoms with E-state index in [4.69, 9.17) is 0 Å². The zero-order chi connectivity index (χ0) is 17.5. The number of aromatic nitrogens is 2. The van der Waals surface area contributed by atoms with Crippen molar-refractivity contribution in [3.8, 4) is 5.75 Å². The minimum Gasteiger partial charge on any atom is -0.435 e. The van der Waals surface area contributed by atoms with Crippen LogP contribution >= 0.6 is 0 Å². The van der Waals surface area contributed by atoms with E-state index in [1.165, 1.54) is 18.3 Å². The van der Waals surface area contributed by atoms with Gasteiger partial charge in [-0.05, 0) is 24.1 Å². The van der Waals surface area contributed by atoms with Gasteiger partial charge in [-0.1, -0.05) is 12.1 Å². The van der Waals surface area contributed by atoms with E-state index in [9.17, 15) is 23.2 Å². The first-order chi connectivity index (χ1) is 11.4. The molecule has 0 spiro atoms. The highest BCUT2D eigenvalue weighted by Crippen LogP contribution is 2.14. The molecule has 0 bridgehead atoms. The molecule has 1 aromatic heterocycles. The summed E-state index contributed by atoms with van der Waals surface area (Å²) in [5.41, 5.74) is -0.360. The van der Waals surface area contributed by atoms with Crippen LogP contribution in [0.4, 0.5) is 8.78 Å². The average molecular weight is 339 g/mol. The Morgan fingerprint density at radius 2 is 1.92 bits per heavy atom. The molecule has 0 saturated heterocycles. The van der Waals surface area contributed by atoms with Crippen LogP contribution in [0.25, 0.3) is 0 Å². The standard InChI is InChI=1S/C15H15F2N3O4/c16-14(17)24-11-3-1-10(2-4-11)5-7-18-13(22)9-20-8-6-12(21)19-15(20)23/h1-4,6,8,14H,5,7,9H2,(H,18,22)(H,19,21,23). The number of carbonyl (C=O) groups excluding carboxylic acids is 1. The van der Waals surface area contributed by atoms with E-state index in [2.05, 4.69) is 15.0 Å². The number of nitrogens with zero attached hydrogens (tertiary/aromatic N) is 1. The Morgan fingerprint density at radius 1 is 1.21 bits per heavy atom. The Hall–Kier alpha value is -2.97. The molecule has 1 heterocycles. The molecule has 128 valence electrons. The normalized spacial score (nSPS) is 10.6. The third kappa shape index (κ3) is 5.34. The molecular weight excluding hydrogens is 324 g/mol. The van der Waals surface area contributed by atoms with Crippen molar-refractivity contribution in [2.75, 3.05) is 6.54 Å². The van der Waals surface area contributed by atoms with Crippen LogP contribution in [0.5, 0.6) is 5.75 Å². The second kappa shape index (κ2) is 8.04. The van der Waals surface area contributed by atoms with Crippen molar-refractivity contribution in [3.63, 3.8) is 0 Å². The highest BCUT2D eigenvalue weighted by Gasteiger charge is 2.06. The number of aromatic amines is 1. The molecule has 24 heavy (non-hydrogen) atoms. The molecule has 9 heteroatoms. The molecule has 1 aromatic carbocycles. The summed E-state index contributed by atoms with van der Waals surface area (Å²) in [4.78, 5) is 36.2. The van der Waals surface area contributed by atoms with Gasteiger partial charge in [-0.2, -0.15) is 8.78 Å². The summed E-state index contributed by atoms with van der Waals surface area (Å²) in [7, 11) is 0. The second-order valence-electron chi connectivity index (χ2n) is 4.86. The molecule has 0 unspecified atom stereocenters. The summed E-state index contributed by atoms with van der Waals surface area (Å²) in [6.07, 6.45) is 1.73. The summed E-state index contributed by atoms with van der Waals surface area (Å²) in [6.45, 7) is -2.77. The molecule has 0 saturated carbocycles. The van der Waals surface area contributed by atoms with Crippen molar-refractivity contribution in [3.05, 3.63) is 62.9 Å². The molecule has 7 nitrogen and oxygen atoms in total. The van der Waals surface area contributed by atoms with Crippen LogP contribution < -0.4 is 21.3 Å². The monoisotopic (exact) mass is 339 g/mol. The van der Waals surface area contributed by atoms with Crippen molar-refractivity contribution >= 4 is 5.91 Å². The fourth-order valence-electron chi connectivity index (χ4n) is 1.96. The zero-order valence-electron chi connectivity index (χ0n) is 12.5. The number of halogens is 2. The lowest BCUT2D eigenvalue weighted by Crippen LogP contribution is -2.36. The lowest BCUT2D eigenvalue weighted by Gasteiger charge is -2.08. The van der Waals surface area contributed by atoms with Crippen LogP contribution in [0, 0.1) is 0 Å². The molecule has 0 radical (unpaired) electrons. The van der Waals surface area contributed by atoms with Crippen molar-refractivity contribution in [1.29, 1.82) is 0 Å². The van der Waals surface area contributed by atoms with Crippen molar-refractivity contribution in [2.24, 2.45) is 0 Å². The van der Waals surface area contributed by atoms with E-state index in [1.807, 2.05) is 0 Å². The van der Waals surface area contributed by atoms with E-state index in [1.54, 1.807) is 12.1 Å². The molecule has 0 atom stereocenters. The summed E-state index contributed by atoms with van der Waals surface area (Å²) < 4.78 is 29.4. The van der Waals surface area contributed by atoms with Crippen molar-refractivity contribution in [1.82, 2.24) is 14.9 Å². The highest BCUT2D eigenvalue weighted by atomic mass is 19.3. The smallest absolute Gasteiger partial charge is 0.387 e. The Bertz CT molecular complexity index is 799. The van der Waals surface area contributed by atoms with Gasteiger partial charge in [-0.3, -0.25) is 19.1 Å². The van der Waals surface area contributed by atoms with Gasteiger partial charge in [-0.25, -0.2) is 4.79 Å². The number of hydrogen-bond acceptors (Lipinski definition) is 4. The van der Waals surface area contributed by atoms with Crippen LogP contribution in [0.15, 0.2) is 46.1 Å². The molecular formula is C15H15F2N3O4. The maximum absolute atomic E-state index is 12.0. The summed E-state index contributed by atoms with van der Waals surface area (Å²) in [5.74, 6) is -0.322. The SMILES string of the molecule is O=C(Cn1ccc(=O)[nH]c1=O)NCCc1ccc(OC(F)F)cc1. The summed E-state index contributed by atoms with van der Waals surface area (Å²) in [6, 6.07) is 7.23.